The molecule has 1 aliphatic heterocycles. The molecule has 1 heterocycles. The molecule has 10 heteroatoms. The minimum Gasteiger partial charge on any atom is -0.482 e. The van der Waals surface area contributed by atoms with Crippen LogP contribution in [0.3, 0.4) is 0 Å². The van der Waals surface area contributed by atoms with Gasteiger partial charge in [-0.2, -0.15) is 0 Å². The maximum Gasteiger partial charge on any atom is 0.335 e. The molecule has 1 amide bonds. The molecule has 0 saturated carbocycles. The first-order valence-corrected chi connectivity index (χ1v) is 11.0. The van der Waals surface area contributed by atoms with Crippen molar-refractivity contribution in [2.45, 2.75) is 26.4 Å². The molecule has 1 saturated heterocycles. The van der Waals surface area contributed by atoms with E-state index in [1.807, 2.05) is 6.92 Å². The van der Waals surface area contributed by atoms with Crippen LogP contribution in [0.15, 0.2) is 47.4 Å². The van der Waals surface area contributed by atoms with Crippen molar-refractivity contribution >= 4 is 63.7 Å². The van der Waals surface area contributed by atoms with Crippen LogP contribution in [0, 0.1) is 0 Å². The predicted octanol–water partition coefficient (Wildman–Crippen LogP) is 4.24. The molecule has 1 unspecified atom stereocenters. The second-order valence-corrected chi connectivity index (χ2v) is 8.73. The number of para-hydroxylation sites is 1. The van der Waals surface area contributed by atoms with Crippen molar-refractivity contribution in [3.63, 3.8) is 0 Å². The van der Waals surface area contributed by atoms with Gasteiger partial charge in [-0.1, -0.05) is 49.1 Å². The minimum atomic E-state index is -1.33. The second kappa shape index (κ2) is 9.97. The quantitative estimate of drug-likeness (QED) is 0.418. The summed E-state index contributed by atoms with van der Waals surface area (Å²) < 4.78 is 5.96. The Kier molecular flexibility index (Phi) is 7.29. The summed E-state index contributed by atoms with van der Waals surface area (Å²) in [5, 5.41) is 18.6. The SMILES string of the molecule is CCC(Oc1ccccc1/C=C1\SC(=S)N(c2cc(C(=O)O)cc(C(=O)O)c2)C1=O)C(C)=O. The largest absolute Gasteiger partial charge is 0.482 e. The summed E-state index contributed by atoms with van der Waals surface area (Å²) in [5.41, 5.74) is 0.0432. The number of ether oxygens (including phenoxy) is 1. The Labute approximate surface area is 198 Å². The van der Waals surface area contributed by atoms with Crippen LogP contribution < -0.4 is 9.64 Å². The predicted molar refractivity (Wildman–Crippen MR) is 128 cm³/mol. The topological polar surface area (TPSA) is 121 Å². The zero-order valence-corrected chi connectivity index (χ0v) is 19.2. The van der Waals surface area contributed by atoms with Crippen molar-refractivity contribution in [3.8, 4) is 5.75 Å². The van der Waals surface area contributed by atoms with E-state index in [1.165, 1.54) is 19.1 Å². The van der Waals surface area contributed by atoms with Crippen LogP contribution in [0.1, 0.15) is 46.5 Å². The van der Waals surface area contributed by atoms with Crippen molar-refractivity contribution in [1.82, 2.24) is 0 Å². The third-order valence-electron chi connectivity index (χ3n) is 4.76. The van der Waals surface area contributed by atoms with Crippen LogP contribution in [0.5, 0.6) is 5.75 Å². The van der Waals surface area contributed by atoms with Crippen molar-refractivity contribution in [1.29, 1.82) is 0 Å². The molecule has 1 aliphatic rings. The van der Waals surface area contributed by atoms with Gasteiger partial charge >= 0.3 is 11.9 Å². The van der Waals surface area contributed by atoms with Crippen molar-refractivity contribution < 1.29 is 34.1 Å². The highest BCUT2D eigenvalue weighted by Crippen LogP contribution is 2.38. The number of carbonyl (C=O) groups excluding carboxylic acids is 2. The Hall–Kier alpha value is -3.50. The molecule has 0 aliphatic carbocycles. The molecule has 2 aromatic carbocycles. The second-order valence-electron chi connectivity index (χ2n) is 7.06. The lowest BCUT2D eigenvalue weighted by Crippen LogP contribution is -2.28. The Morgan fingerprint density at radius 3 is 2.27 bits per heavy atom. The van der Waals surface area contributed by atoms with Crippen LogP contribution in [0.4, 0.5) is 5.69 Å². The Morgan fingerprint density at radius 2 is 1.73 bits per heavy atom. The van der Waals surface area contributed by atoms with E-state index in [4.69, 9.17) is 17.0 Å². The number of carbonyl (C=O) groups is 4. The number of hydrogen-bond donors (Lipinski definition) is 2. The van der Waals surface area contributed by atoms with E-state index in [0.717, 1.165) is 22.7 Å². The molecule has 0 bridgehead atoms. The average Bonchev–Trinajstić information content (AvgIpc) is 3.05. The van der Waals surface area contributed by atoms with Crippen LogP contribution in [-0.4, -0.2) is 44.3 Å². The maximum atomic E-state index is 13.1. The fourth-order valence-electron chi connectivity index (χ4n) is 3.13. The average molecular weight is 486 g/mol. The van der Waals surface area contributed by atoms with Gasteiger partial charge in [0.05, 0.1) is 21.7 Å². The standard InChI is InChI=1S/C23H19NO7S2/c1-3-17(12(2)25)31-18-7-5-4-6-13(18)11-19-20(26)24(23(32)33-19)16-9-14(21(27)28)8-15(10-16)22(29)30/h4-11,17H,3H2,1-2H3,(H,27,28)(H,29,30)/b19-11-. The third-order valence-corrected chi connectivity index (χ3v) is 6.06. The first-order valence-electron chi connectivity index (χ1n) is 9.78. The molecule has 170 valence electrons. The van der Waals surface area contributed by atoms with Gasteiger partial charge in [-0.15, -0.1) is 0 Å². The number of nitrogens with zero attached hydrogens (tertiary/aromatic N) is 1. The van der Waals surface area contributed by atoms with Crippen LogP contribution in [0.25, 0.3) is 6.08 Å². The monoisotopic (exact) mass is 485 g/mol. The summed E-state index contributed by atoms with van der Waals surface area (Å²) in [5.74, 6) is -2.89. The molecule has 1 atom stereocenters. The zero-order chi connectivity index (χ0) is 24.3. The minimum absolute atomic E-state index is 0.0466. The van der Waals surface area contributed by atoms with Crippen LogP contribution in [0.2, 0.25) is 0 Å². The number of carboxylic acid groups (broad SMARTS) is 2. The molecule has 1 fully saturated rings. The van der Waals surface area contributed by atoms with Gasteiger partial charge in [-0.3, -0.25) is 14.5 Å². The number of aromatic carboxylic acids is 2. The molecule has 33 heavy (non-hydrogen) atoms. The molecule has 0 aromatic heterocycles. The van der Waals surface area contributed by atoms with Gasteiger partial charge in [0, 0.05) is 5.56 Å². The van der Waals surface area contributed by atoms with Gasteiger partial charge in [0.15, 0.2) is 16.2 Å². The third kappa shape index (κ3) is 5.29. The summed E-state index contributed by atoms with van der Waals surface area (Å²) in [6.45, 7) is 3.27. The number of hydrogen-bond acceptors (Lipinski definition) is 7. The lowest BCUT2D eigenvalue weighted by molar-refractivity contribution is -0.123. The normalized spacial score (nSPS) is 15.6. The van der Waals surface area contributed by atoms with Gasteiger partial charge in [0.1, 0.15) is 5.75 Å². The fourth-order valence-corrected chi connectivity index (χ4v) is 4.42. The van der Waals surface area contributed by atoms with E-state index in [-0.39, 0.29) is 31.8 Å². The number of ketones is 1. The number of thiocarbonyl (C=S) groups is 1. The number of carboxylic acids is 2. The highest BCUT2D eigenvalue weighted by atomic mass is 32.2. The molecule has 2 aromatic rings. The summed E-state index contributed by atoms with van der Waals surface area (Å²) in [7, 11) is 0. The first kappa shape index (κ1) is 24.1. The number of anilines is 1. The Bertz CT molecular complexity index is 1170. The summed E-state index contributed by atoms with van der Waals surface area (Å²) in [6.07, 6.45) is 1.43. The number of benzene rings is 2. The lowest BCUT2D eigenvalue weighted by atomic mass is 10.1. The molecule has 0 spiro atoms. The zero-order valence-electron chi connectivity index (χ0n) is 17.6. The van der Waals surface area contributed by atoms with Gasteiger partial charge < -0.3 is 14.9 Å². The molecule has 3 rings (SSSR count). The van der Waals surface area contributed by atoms with Crippen LogP contribution >= 0.6 is 24.0 Å². The van der Waals surface area contributed by atoms with E-state index < -0.39 is 23.9 Å². The van der Waals surface area contributed by atoms with E-state index in [1.54, 1.807) is 30.3 Å². The number of rotatable bonds is 8. The van der Waals surface area contributed by atoms with Gasteiger partial charge in [-0.05, 0) is 43.7 Å². The van der Waals surface area contributed by atoms with Crippen molar-refractivity contribution in [3.05, 3.63) is 64.1 Å². The van der Waals surface area contributed by atoms with E-state index in [2.05, 4.69) is 0 Å². The van der Waals surface area contributed by atoms with Gasteiger partial charge in [-0.25, -0.2) is 9.59 Å². The Morgan fingerprint density at radius 1 is 1.12 bits per heavy atom. The number of thioether (sulfide) groups is 1. The first-order chi connectivity index (χ1) is 15.6. The summed E-state index contributed by atoms with van der Waals surface area (Å²) in [4.78, 5) is 49.1. The van der Waals surface area contributed by atoms with Gasteiger partial charge in [0.2, 0.25) is 0 Å². The Balaban J connectivity index is 1.99. The maximum absolute atomic E-state index is 13.1. The van der Waals surface area contributed by atoms with E-state index in [0.29, 0.717) is 17.7 Å². The lowest BCUT2D eigenvalue weighted by Gasteiger charge is -2.17. The number of Topliss-reactive ketones (excluding diaryl/α,β-unsaturated/α-hetero) is 1. The smallest absolute Gasteiger partial charge is 0.335 e. The van der Waals surface area contributed by atoms with E-state index in [9.17, 15) is 29.4 Å². The van der Waals surface area contributed by atoms with Crippen molar-refractivity contribution in [2.75, 3.05) is 4.90 Å². The number of amides is 1. The van der Waals surface area contributed by atoms with Crippen molar-refractivity contribution in [2.24, 2.45) is 0 Å². The fraction of sp³-hybridized carbons (Fsp3) is 0.174. The molecule has 2 N–H and O–H groups in total. The molecule has 0 radical (unpaired) electrons. The van der Waals surface area contributed by atoms with Crippen LogP contribution in [-0.2, 0) is 9.59 Å². The highest BCUT2D eigenvalue weighted by molar-refractivity contribution is 8.27. The summed E-state index contributed by atoms with van der Waals surface area (Å²) in [6, 6.07) is 10.3. The molecule has 8 nitrogen and oxygen atoms in total. The highest BCUT2D eigenvalue weighted by Gasteiger charge is 2.34. The molecular weight excluding hydrogens is 466 g/mol. The van der Waals surface area contributed by atoms with E-state index >= 15 is 0 Å². The summed E-state index contributed by atoms with van der Waals surface area (Å²) >= 11 is 6.31. The van der Waals surface area contributed by atoms with Gasteiger partial charge in [0.25, 0.3) is 5.91 Å². The molecular formula is C23H19NO7S2.